The summed E-state index contributed by atoms with van der Waals surface area (Å²) in [6.07, 6.45) is -2.82. The van der Waals surface area contributed by atoms with Crippen LogP contribution in [0.25, 0.3) is 11.1 Å². The van der Waals surface area contributed by atoms with Crippen LogP contribution in [0.2, 0.25) is 0 Å². The maximum atomic E-state index is 12.2. The van der Waals surface area contributed by atoms with E-state index in [-0.39, 0.29) is 32.1 Å². The van der Waals surface area contributed by atoms with E-state index in [9.17, 15) is 19.5 Å². The van der Waals surface area contributed by atoms with Gasteiger partial charge in [-0.1, -0.05) is 48.5 Å². The van der Waals surface area contributed by atoms with Gasteiger partial charge in [-0.2, -0.15) is 0 Å². The number of rotatable bonds is 8. The van der Waals surface area contributed by atoms with Crippen LogP contribution in [0.1, 0.15) is 29.9 Å². The van der Waals surface area contributed by atoms with Gasteiger partial charge in [0.15, 0.2) is 6.10 Å². The van der Waals surface area contributed by atoms with Gasteiger partial charge in [-0.25, -0.2) is 9.59 Å². The van der Waals surface area contributed by atoms with Crippen LogP contribution in [0, 0.1) is 0 Å². The minimum Gasteiger partial charge on any atom is -0.479 e. The lowest BCUT2D eigenvalue weighted by atomic mass is 9.98. The molecule has 0 saturated carbocycles. The molecule has 174 valence electrons. The molecule has 2 aliphatic rings. The van der Waals surface area contributed by atoms with Crippen molar-refractivity contribution in [1.29, 1.82) is 0 Å². The molecule has 2 aromatic rings. The molecule has 1 aliphatic heterocycles. The summed E-state index contributed by atoms with van der Waals surface area (Å²) in [5, 5.41) is 24.2. The van der Waals surface area contributed by atoms with Crippen molar-refractivity contribution in [2.24, 2.45) is 0 Å². The van der Waals surface area contributed by atoms with E-state index >= 15 is 0 Å². The molecular weight excluding hydrogens is 428 g/mol. The van der Waals surface area contributed by atoms with E-state index in [4.69, 9.17) is 14.6 Å². The predicted molar refractivity (Wildman–Crippen MR) is 118 cm³/mol. The molecule has 1 unspecified atom stereocenters. The second-order valence-corrected chi connectivity index (χ2v) is 8.16. The number of ether oxygens (including phenoxy) is 2. The highest BCUT2D eigenvalue weighted by atomic mass is 16.5. The number of carboxylic acid groups (broad SMARTS) is 1. The third-order valence-corrected chi connectivity index (χ3v) is 5.93. The minimum absolute atomic E-state index is 0.0744. The average Bonchev–Trinajstić information content (AvgIpc) is 3.39. The molecule has 1 aliphatic carbocycles. The van der Waals surface area contributed by atoms with Gasteiger partial charge in [0.25, 0.3) is 0 Å². The number of alkyl carbamates (subject to hydrolysis) is 1. The second kappa shape index (κ2) is 10.0. The highest BCUT2D eigenvalue weighted by molar-refractivity contribution is 5.80. The molecule has 0 spiro atoms. The Bertz CT molecular complexity index is 995. The zero-order chi connectivity index (χ0) is 23.4. The molecule has 33 heavy (non-hydrogen) atoms. The maximum absolute atomic E-state index is 12.2. The van der Waals surface area contributed by atoms with Gasteiger partial charge in [0, 0.05) is 19.1 Å². The van der Waals surface area contributed by atoms with Gasteiger partial charge >= 0.3 is 12.1 Å². The smallest absolute Gasteiger partial charge is 0.407 e. The van der Waals surface area contributed by atoms with E-state index in [0.29, 0.717) is 6.42 Å². The summed E-state index contributed by atoms with van der Waals surface area (Å²) in [6, 6.07) is 15.4. The van der Waals surface area contributed by atoms with E-state index < -0.39 is 36.2 Å². The van der Waals surface area contributed by atoms with Crippen LogP contribution < -0.4 is 10.6 Å². The van der Waals surface area contributed by atoms with Gasteiger partial charge in [-0.3, -0.25) is 4.79 Å². The fourth-order valence-electron chi connectivity index (χ4n) is 4.38. The van der Waals surface area contributed by atoms with Gasteiger partial charge < -0.3 is 30.3 Å². The molecular formula is C24H26N2O7. The van der Waals surface area contributed by atoms with E-state index in [1.807, 2.05) is 48.5 Å². The molecule has 1 saturated heterocycles. The maximum Gasteiger partial charge on any atom is 0.407 e. The molecule has 2 amide bonds. The SMILES string of the molecule is O=C(CC(O)CNC(=O)OCC1c2ccccc2-c2ccccc21)N[C@H]1CCO[C@H]1C(=O)O. The zero-order valence-corrected chi connectivity index (χ0v) is 17.9. The fourth-order valence-corrected chi connectivity index (χ4v) is 4.38. The number of carbonyl (C=O) groups is 3. The second-order valence-electron chi connectivity index (χ2n) is 8.16. The van der Waals surface area contributed by atoms with Crippen molar-refractivity contribution in [2.45, 2.75) is 37.0 Å². The first kappa shape index (κ1) is 22.8. The Labute approximate surface area is 190 Å². The number of hydrogen-bond acceptors (Lipinski definition) is 6. The molecule has 2 aromatic carbocycles. The van der Waals surface area contributed by atoms with E-state index in [1.54, 1.807) is 0 Å². The summed E-state index contributed by atoms with van der Waals surface area (Å²) < 4.78 is 10.5. The van der Waals surface area contributed by atoms with Crippen molar-refractivity contribution < 1.29 is 34.1 Å². The van der Waals surface area contributed by atoms with Gasteiger partial charge in [-0.15, -0.1) is 0 Å². The van der Waals surface area contributed by atoms with Crippen LogP contribution in [-0.2, 0) is 19.1 Å². The largest absolute Gasteiger partial charge is 0.479 e. The minimum atomic E-state index is -1.14. The van der Waals surface area contributed by atoms with Crippen LogP contribution in [0.15, 0.2) is 48.5 Å². The molecule has 1 heterocycles. The van der Waals surface area contributed by atoms with Crippen molar-refractivity contribution >= 4 is 18.0 Å². The molecule has 0 bridgehead atoms. The van der Waals surface area contributed by atoms with Crippen molar-refractivity contribution in [1.82, 2.24) is 10.6 Å². The third-order valence-electron chi connectivity index (χ3n) is 5.93. The van der Waals surface area contributed by atoms with Crippen LogP contribution in [-0.4, -0.2) is 66.2 Å². The van der Waals surface area contributed by atoms with E-state index in [0.717, 1.165) is 22.3 Å². The van der Waals surface area contributed by atoms with Crippen molar-refractivity contribution in [3.05, 3.63) is 59.7 Å². The number of aliphatic hydroxyl groups excluding tert-OH is 1. The third kappa shape index (κ3) is 5.15. The van der Waals surface area contributed by atoms with Crippen LogP contribution >= 0.6 is 0 Å². The number of benzene rings is 2. The summed E-state index contributed by atoms with van der Waals surface area (Å²) in [6.45, 7) is 0.218. The van der Waals surface area contributed by atoms with Crippen molar-refractivity contribution in [2.75, 3.05) is 19.8 Å². The number of aliphatic hydroxyl groups is 1. The standard InChI is InChI=1S/C24H26N2O7/c27-14(11-21(28)26-20-9-10-32-22(20)23(29)30)12-25-24(31)33-13-19-17-7-3-1-5-15(17)16-6-2-4-8-18(16)19/h1-8,14,19-20,22,27H,9-13H2,(H,25,31)(H,26,28)(H,29,30)/t14?,20-,22+/m0/s1. The van der Waals surface area contributed by atoms with Crippen molar-refractivity contribution in [3.8, 4) is 11.1 Å². The molecule has 1 fully saturated rings. The molecule has 9 heteroatoms. The lowest BCUT2D eigenvalue weighted by Crippen LogP contribution is -2.45. The Morgan fingerprint density at radius 3 is 2.33 bits per heavy atom. The van der Waals surface area contributed by atoms with E-state index in [1.165, 1.54) is 0 Å². The highest BCUT2D eigenvalue weighted by Gasteiger charge is 2.35. The first-order valence-electron chi connectivity index (χ1n) is 10.8. The highest BCUT2D eigenvalue weighted by Crippen LogP contribution is 2.44. The summed E-state index contributed by atoms with van der Waals surface area (Å²) in [5.74, 6) is -1.73. The monoisotopic (exact) mass is 454 g/mol. The number of fused-ring (bicyclic) bond motifs is 3. The zero-order valence-electron chi connectivity index (χ0n) is 17.9. The Balaban J connectivity index is 1.23. The molecule has 0 radical (unpaired) electrons. The van der Waals surface area contributed by atoms with Crippen molar-refractivity contribution in [3.63, 3.8) is 0 Å². The molecule has 4 rings (SSSR count). The number of aliphatic carboxylic acids is 1. The first-order valence-corrected chi connectivity index (χ1v) is 10.8. The summed E-state index contributed by atoms with van der Waals surface area (Å²) in [4.78, 5) is 35.4. The number of carboxylic acids is 1. The van der Waals surface area contributed by atoms with Gasteiger partial charge in [0.2, 0.25) is 5.91 Å². The Morgan fingerprint density at radius 1 is 1.06 bits per heavy atom. The summed E-state index contributed by atoms with van der Waals surface area (Å²) in [7, 11) is 0. The summed E-state index contributed by atoms with van der Waals surface area (Å²) in [5.41, 5.74) is 4.44. The van der Waals surface area contributed by atoms with E-state index in [2.05, 4.69) is 10.6 Å². The topological polar surface area (TPSA) is 134 Å². The summed E-state index contributed by atoms with van der Waals surface area (Å²) >= 11 is 0. The van der Waals surface area contributed by atoms with Gasteiger partial charge in [0.05, 0.1) is 18.6 Å². The number of hydrogen-bond donors (Lipinski definition) is 4. The fraction of sp³-hybridized carbons (Fsp3) is 0.375. The van der Waals surface area contributed by atoms with Gasteiger partial charge in [0.1, 0.15) is 6.61 Å². The quantitative estimate of drug-likeness (QED) is 0.476. The molecule has 9 nitrogen and oxygen atoms in total. The lowest BCUT2D eigenvalue weighted by Gasteiger charge is -2.18. The van der Waals surface area contributed by atoms with Crippen LogP contribution in [0.4, 0.5) is 4.79 Å². The predicted octanol–water partition coefficient (Wildman–Crippen LogP) is 1.63. The Kier molecular flexibility index (Phi) is 6.90. The van der Waals surface area contributed by atoms with Crippen LogP contribution in [0.5, 0.6) is 0 Å². The lowest BCUT2D eigenvalue weighted by molar-refractivity contribution is -0.148. The Hall–Kier alpha value is -3.43. The molecule has 3 atom stereocenters. The van der Waals surface area contributed by atoms with Crippen LogP contribution in [0.3, 0.4) is 0 Å². The first-order chi connectivity index (χ1) is 15.9. The number of nitrogens with one attached hydrogen (secondary N) is 2. The number of carbonyl (C=O) groups excluding carboxylic acids is 2. The normalized spacial score (nSPS) is 19.9. The van der Waals surface area contributed by atoms with Gasteiger partial charge in [-0.05, 0) is 28.7 Å². The average molecular weight is 454 g/mol. The molecule has 0 aromatic heterocycles. The molecule has 4 N–H and O–H groups in total. The Morgan fingerprint density at radius 2 is 1.70 bits per heavy atom. The number of amides is 2.